The van der Waals surface area contributed by atoms with Gasteiger partial charge in [-0.25, -0.2) is 0 Å². The van der Waals surface area contributed by atoms with Crippen LogP contribution in [0.3, 0.4) is 0 Å². The van der Waals surface area contributed by atoms with Gasteiger partial charge >= 0.3 is 0 Å². The molecule has 24 heavy (non-hydrogen) atoms. The molecule has 1 atom stereocenters. The number of benzene rings is 1. The summed E-state index contributed by atoms with van der Waals surface area (Å²) in [4.78, 5) is 12.6. The minimum absolute atomic E-state index is 0.0987. The van der Waals surface area contributed by atoms with E-state index >= 15 is 0 Å². The van der Waals surface area contributed by atoms with Gasteiger partial charge < -0.3 is 15.2 Å². The molecule has 3 rings (SSSR count). The summed E-state index contributed by atoms with van der Waals surface area (Å²) in [5.74, 6) is -0.0987. The van der Waals surface area contributed by atoms with Crippen molar-refractivity contribution in [3.8, 4) is 0 Å². The largest absolute Gasteiger partial charge is 0.347 e. The van der Waals surface area contributed by atoms with E-state index in [1.807, 2.05) is 31.4 Å². The maximum Gasteiger partial charge on any atom is 0.246 e. The van der Waals surface area contributed by atoms with Crippen molar-refractivity contribution < 1.29 is 4.79 Å². The number of carbonyl (C=O) groups is 1. The lowest BCUT2D eigenvalue weighted by atomic mass is 10.1. The Morgan fingerprint density at radius 1 is 1.33 bits per heavy atom. The molecule has 6 heteroatoms. The van der Waals surface area contributed by atoms with E-state index in [1.54, 1.807) is 17.9 Å². The number of rotatable bonds is 6. The first-order valence-electron chi connectivity index (χ1n) is 8.18. The van der Waals surface area contributed by atoms with Crippen molar-refractivity contribution in [1.29, 1.82) is 0 Å². The minimum atomic E-state index is -0.433. The Hall–Kier alpha value is -2.60. The van der Waals surface area contributed by atoms with E-state index in [4.69, 9.17) is 0 Å². The summed E-state index contributed by atoms with van der Waals surface area (Å²) < 4.78 is 3.90. The molecule has 126 valence electrons. The number of fused-ring (bicyclic) bond motifs is 1. The third-order valence-electron chi connectivity index (χ3n) is 4.11. The van der Waals surface area contributed by atoms with Crippen molar-refractivity contribution >= 4 is 22.5 Å². The zero-order valence-corrected chi connectivity index (χ0v) is 14.3. The van der Waals surface area contributed by atoms with Crippen LogP contribution in [0.5, 0.6) is 0 Å². The lowest BCUT2D eigenvalue weighted by Gasteiger charge is -2.15. The monoisotopic (exact) mass is 325 g/mol. The Morgan fingerprint density at radius 3 is 2.83 bits per heavy atom. The van der Waals surface area contributed by atoms with Gasteiger partial charge in [-0.05, 0) is 37.1 Å². The number of anilines is 1. The fraction of sp³-hybridized carbons (Fsp3) is 0.333. The van der Waals surface area contributed by atoms with Crippen LogP contribution in [0, 0.1) is 0 Å². The Kier molecular flexibility index (Phi) is 4.66. The van der Waals surface area contributed by atoms with Crippen molar-refractivity contribution in [2.24, 2.45) is 7.05 Å². The van der Waals surface area contributed by atoms with Gasteiger partial charge in [0.15, 0.2) is 0 Å². The number of aryl methyl sites for hydroxylation is 2. The van der Waals surface area contributed by atoms with E-state index < -0.39 is 6.04 Å². The van der Waals surface area contributed by atoms with Gasteiger partial charge in [0, 0.05) is 37.2 Å². The smallest absolute Gasteiger partial charge is 0.246 e. The Bertz CT molecular complexity index is 848. The second kappa shape index (κ2) is 6.88. The van der Waals surface area contributed by atoms with Gasteiger partial charge in [0.1, 0.15) is 6.04 Å². The molecule has 0 fully saturated rings. The quantitative estimate of drug-likeness (QED) is 0.732. The average Bonchev–Trinajstić information content (AvgIpc) is 3.15. The fourth-order valence-electron chi connectivity index (χ4n) is 2.95. The Labute approximate surface area is 141 Å². The van der Waals surface area contributed by atoms with Crippen LogP contribution in [0.15, 0.2) is 42.9 Å². The lowest BCUT2D eigenvalue weighted by Crippen LogP contribution is -2.30. The Balaban J connectivity index is 1.82. The van der Waals surface area contributed by atoms with Crippen molar-refractivity contribution in [3.05, 3.63) is 48.4 Å². The molecule has 3 aromatic rings. The molecule has 1 unspecified atom stereocenters. The van der Waals surface area contributed by atoms with Crippen molar-refractivity contribution in [2.45, 2.75) is 25.9 Å². The zero-order valence-electron chi connectivity index (χ0n) is 14.3. The summed E-state index contributed by atoms with van der Waals surface area (Å²) in [6.45, 7) is 3.12. The highest BCUT2D eigenvalue weighted by atomic mass is 16.2. The molecule has 1 aromatic carbocycles. The molecule has 0 spiro atoms. The first-order valence-corrected chi connectivity index (χ1v) is 8.18. The molecule has 0 saturated heterocycles. The number of nitrogens with one attached hydrogen (secondary N) is 2. The van der Waals surface area contributed by atoms with E-state index in [1.165, 1.54) is 5.39 Å². The zero-order chi connectivity index (χ0) is 17.1. The van der Waals surface area contributed by atoms with Crippen LogP contribution < -0.4 is 10.6 Å². The molecular weight excluding hydrogens is 302 g/mol. The summed E-state index contributed by atoms with van der Waals surface area (Å²) in [7, 11) is 3.61. The average molecular weight is 325 g/mol. The highest BCUT2D eigenvalue weighted by molar-refractivity contribution is 5.97. The fourth-order valence-corrected chi connectivity index (χ4v) is 2.95. The number of likely N-dealkylation sites (N-methyl/N-ethyl adjacent to an activating group) is 1. The highest BCUT2D eigenvalue weighted by Gasteiger charge is 2.20. The predicted molar refractivity (Wildman–Crippen MR) is 95.9 cm³/mol. The van der Waals surface area contributed by atoms with Crippen LogP contribution >= 0.6 is 0 Å². The third-order valence-corrected chi connectivity index (χ3v) is 4.11. The normalized spacial score (nSPS) is 12.5. The highest BCUT2D eigenvalue weighted by Crippen LogP contribution is 2.22. The second-order valence-electron chi connectivity index (χ2n) is 5.94. The first-order chi connectivity index (χ1) is 11.6. The summed E-state index contributed by atoms with van der Waals surface area (Å²) in [6, 6.07) is 7.67. The molecule has 0 aliphatic heterocycles. The van der Waals surface area contributed by atoms with Crippen molar-refractivity contribution in [1.82, 2.24) is 19.7 Å². The molecule has 2 aromatic heterocycles. The van der Waals surface area contributed by atoms with Gasteiger partial charge in [-0.15, -0.1) is 0 Å². The lowest BCUT2D eigenvalue weighted by molar-refractivity contribution is -0.118. The van der Waals surface area contributed by atoms with Gasteiger partial charge in [-0.3, -0.25) is 9.48 Å². The molecule has 6 nitrogen and oxygen atoms in total. The molecule has 2 N–H and O–H groups in total. The van der Waals surface area contributed by atoms with E-state index in [0.717, 1.165) is 29.7 Å². The van der Waals surface area contributed by atoms with Crippen LogP contribution in [-0.4, -0.2) is 27.3 Å². The second-order valence-corrected chi connectivity index (χ2v) is 5.94. The molecule has 2 heterocycles. The summed E-state index contributed by atoms with van der Waals surface area (Å²) >= 11 is 0. The predicted octanol–water partition coefficient (Wildman–Crippen LogP) is 2.68. The van der Waals surface area contributed by atoms with Crippen molar-refractivity contribution in [2.75, 3.05) is 12.4 Å². The third kappa shape index (κ3) is 3.19. The SMILES string of the molecule is CCCn1ccc2ccc(NC(=O)C(NC)c3cnn(C)c3)cc21. The molecule has 0 bridgehead atoms. The van der Waals surface area contributed by atoms with Crippen molar-refractivity contribution in [3.63, 3.8) is 0 Å². The van der Waals surface area contributed by atoms with Crippen LogP contribution in [0.25, 0.3) is 10.9 Å². The number of hydrogen-bond acceptors (Lipinski definition) is 3. The van der Waals surface area contributed by atoms with Crippen LogP contribution in [-0.2, 0) is 18.4 Å². The number of hydrogen-bond donors (Lipinski definition) is 2. The summed E-state index contributed by atoms with van der Waals surface area (Å²) in [6.07, 6.45) is 6.71. The molecule has 0 saturated carbocycles. The Morgan fingerprint density at radius 2 is 2.17 bits per heavy atom. The van der Waals surface area contributed by atoms with Gasteiger partial charge in [0.05, 0.1) is 11.7 Å². The summed E-state index contributed by atoms with van der Waals surface area (Å²) in [5, 5.41) is 11.4. The number of carbonyl (C=O) groups excluding carboxylic acids is 1. The first kappa shape index (κ1) is 16.3. The number of nitrogens with zero attached hydrogens (tertiary/aromatic N) is 3. The van der Waals surface area contributed by atoms with Crippen LogP contribution in [0.4, 0.5) is 5.69 Å². The van der Waals surface area contributed by atoms with Gasteiger partial charge in [0.25, 0.3) is 0 Å². The molecule has 0 aliphatic carbocycles. The molecule has 0 aliphatic rings. The van der Waals surface area contributed by atoms with Gasteiger partial charge in [0.2, 0.25) is 5.91 Å². The molecule has 1 amide bonds. The standard InChI is InChI=1S/C18H23N5O/c1-4-8-23-9-7-13-5-6-15(10-16(13)23)21-18(24)17(19-2)14-11-20-22(3)12-14/h5-7,9-12,17,19H,4,8H2,1-3H3,(H,21,24). The number of amides is 1. The molecule has 0 radical (unpaired) electrons. The molecular formula is C18H23N5O. The van der Waals surface area contributed by atoms with Gasteiger partial charge in [-0.2, -0.15) is 5.10 Å². The van der Waals surface area contributed by atoms with E-state index in [9.17, 15) is 4.79 Å². The number of aromatic nitrogens is 3. The van der Waals surface area contributed by atoms with Gasteiger partial charge in [-0.1, -0.05) is 13.0 Å². The minimum Gasteiger partial charge on any atom is -0.347 e. The van der Waals surface area contributed by atoms with Crippen LogP contribution in [0.2, 0.25) is 0 Å². The summed E-state index contributed by atoms with van der Waals surface area (Å²) in [5.41, 5.74) is 2.78. The maximum absolute atomic E-state index is 12.6. The van der Waals surface area contributed by atoms with E-state index in [0.29, 0.717) is 0 Å². The van der Waals surface area contributed by atoms with E-state index in [2.05, 4.69) is 39.5 Å². The van der Waals surface area contributed by atoms with E-state index in [-0.39, 0.29) is 5.91 Å². The van der Waals surface area contributed by atoms with Crippen LogP contribution in [0.1, 0.15) is 24.9 Å². The maximum atomic E-state index is 12.6. The topological polar surface area (TPSA) is 63.9 Å².